The van der Waals surface area contributed by atoms with E-state index in [2.05, 4.69) is 16.8 Å². The molecule has 4 nitrogen and oxygen atoms in total. The number of sulfone groups is 1. The van der Waals surface area contributed by atoms with Crippen molar-refractivity contribution in [3.8, 4) is 0 Å². The fourth-order valence-electron chi connectivity index (χ4n) is 2.36. The van der Waals surface area contributed by atoms with Gasteiger partial charge in [0.15, 0.2) is 9.84 Å². The number of benzene rings is 1. The quantitative estimate of drug-likeness (QED) is 0.853. The summed E-state index contributed by atoms with van der Waals surface area (Å²) in [4.78, 5) is 5.14. The molecule has 0 spiro atoms. The first-order valence-corrected chi connectivity index (χ1v) is 9.68. The second kappa shape index (κ2) is 8.65. The van der Waals surface area contributed by atoms with E-state index in [1.54, 1.807) is 19.9 Å². The van der Waals surface area contributed by atoms with E-state index in [0.717, 1.165) is 38.3 Å². The van der Waals surface area contributed by atoms with Gasteiger partial charge in [-0.2, -0.15) is 0 Å². The highest BCUT2D eigenvalue weighted by Gasteiger charge is 2.20. The van der Waals surface area contributed by atoms with E-state index in [0.29, 0.717) is 4.90 Å². The summed E-state index contributed by atoms with van der Waals surface area (Å²) in [6, 6.07) is 7.38. The van der Waals surface area contributed by atoms with Crippen LogP contribution in [0.3, 0.4) is 0 Å². The van der Waals surface area contributed by atoms with Gasteiger partial charge in [0.2, 0.25) is 0 Å². The lowest BCUT2D eigenvalue weighted by Gasteiger charge is -2.32. The maximum Gasteiger partial charge on any atom is 0.180 e. The second-order valence-corrected chi connectivity index (χ2v) is 8.32. The van der Waals surface area contributed by atoms with Gasteiger partial charge in [-0.1, -0.05) is 26.0 Å². The molecule has 0 N–H and O–H groups in total. The molecule has 1 saturated heterocycles. The summed E-state index contributed by atoms with van der Waals surface area (Å²) < 4.78 is 24.4. The van der Waals surface area contributed by atoms with Crippen molar-refractivity contribution in [2.75, 3.05) is 33.2 Å². The van der Waals surface area contributed by atoms with Crippen molar-refractivity contribution in [1.82, 2.24) is 9.80 Å². The zero-order chi connectivity index (χ0) is 16.8. The first-order chi connectivity index (χ1) is 10.4. The molecule has 1 aliphatic heterocycles. The lowest BCUT2D eigenvalue weighted by molar-refractivity contribution is 0.148. The zero-order valence-electron chi connectivity index (χ0n) is 14.5. The van der Waals surface area contributed by atoms with Gasteiger partial charge in [0.05, 0.1) is 10.1 Å². The second-order valence-electron chi connectivity index (χ2n) is 5.82. The summed E-state index contributed by atoms with van der Waals surface area (Å²) in [7, 11) is -1.04. The molecule has 0 aromatic heterocycles. The van der Waals surface area contributed by atoms with Gasteiger partial charge in [-0.25, -0.2) is 8.42 Å². The van der Waals surface area contributed by atoms with E-state index in [4.69, 9.17) is 0 Å². The SMILES string of the molecule is CC.CC(C)S(=O)(=O)c1cccc(CN2CCN(C)CC2)c1. The number of hydrogen-bond acceptors (Lipinski definition) is 4. The smallest absolute Gasteiger partial charge is 0.180 e. The van der Waals surface area contributed by atoms with Crippen LogP contribution in [0.2, 0.25) is 0 Å². The molecule has 5 heteroatoms. The molecule has 126 valence electrons. The molecule has 0 saturated carbocycles. The van der Waals surface area contributed by atoms with Crippen molar-refractivity contribution in [2.24, 2.45) is 0 Å². The number of piperazine rings is 1. The third kappa shape index (κ3) is 5.07. The van der Waals surface area contributed by atoms with Crippen LogP contribution in [-0.2, 0) is 16.4 Å². The van der Waals surface area contributed by atoms with Crippen LogP contribution in [0.5, 0.6) is 0 Å². The molecule has 1 heterocycles. The largest absolute Gasteiger partial charge is 0.304 e. The van der Waals surface area contributed by atoms with Crippen LogP contribution in [0.1, 0.15) is 33.3 Å². The Morgan fingerprint density at radius 2 is 1.68 bits per heavy atom. The number of nitrogens with zero attached hydrogens (tertiary/aromatic N) is 2. The van der Waals surface area contributed by atoms with E-state index in [1.165, 1.54) is 0 Å². The minimum Gasteiger partial charge on any atom is -0.304 e. The van der Waals surface area contributed by atoms with Crippen molar-refractivity contribution in [1.29, 1.82) is 0 Å². The average molecular weight is 327 g/mol. The van der Waals surface area contributed by atoms with E-state index < -0.39 is 9.84 Å². The third-order valence-electron chi connectivity index (χ3n) is 3.85. The van der Waals surface area contributed by atoms with Crippen LogP contribution >= 0.6 is 0 Å². The molecule has 1 aromatic rings. The normalized spacial score (nSPS) is 17.2. The standard InChI is InChI=1S/C15H24N2O2S.C2H6/c1-13(2)20(18,19)15-6-4-5-14(11-15)12-17-9-7-16(3)8-10-17;1-2/h4-6,11,13H,7-10,12H2,1-3H3;1-2H3. The Balaban J connectivity index is 0.00000116. The lowest BCUT2D eigenvalue weighted by Crippen LogP contribution is -2.43. The summed E-state index contributed by atoms with van der Waals surface area (Å²) in [5, 5.41) is -0.374. The molecule has 1 aromatic carbocycles. The molecule has 1 fully saturated rings. The Morgan fingerprint density at radius 3 is 2.23 bits per heavy atom. The highest BCUT2D eigenvalue weighted by Crippen LogP contribution is 2.18. The zero-order valence-corrected chi connectivity index (χ0v) is 15.4. The number of likely N-dealkylation sites (N-methyl/N-ethyl adjacent to an activating group) is 1. The van der Waals surface area contributed by atoms with E-state index in [-0.39, 0.29) is 5.25 Å². The van der Waals surface area contributed by atoms with Crippen LogP contribution in [0.15, 0.2) is 29.2 Å². The highest BCUT2D eigenvalue weighted by atomic mass is 32.2. The number of hydrogen-bond donors (Lipinski definition) is 0. The average Bonchev–Trinajstić information content (AvgIpc) is 2.52. The Morgan fingerprint density at radius 1 is 1.09 bits per heavy atom. The van der Waals surface area contributed by atoms with Gasteiger partial charge in [0, 0.05) is 32.7 Å². The van der Waals surface area contributed by atoms with Crippen molar-refractivity contribution in [2.45, 2.75) is 44.4 Å². The molecule has 0 amide bonds. The molecule has 22 heavy (non-hydrogen) atoms. The van der Waals surface area contributed by atoms with Gasteiger partial charge in [-0.3, -0.25) is 4.90 Å². The van der Waals surface area contributed by atoms with Crippen molar-refractivity contribution >= 4 is 9.84 Å². The maximum atomic E-state index is 12.2. The number of rotatable bonds is 4. The van der Waals surface area contributed by atoms with E-state index >= 15 is 0 Å². The van der Waals surface area contributed by atoms with Gasteiger partial charge < -0.3 is 4.90 Å². The van der Waals surface area contributed by atoms with Crippen LogP contribution in [0, 0.1) is 0 Å². The van der Waals surface area contributed by atoms with Crippen LogP contribution in [0.25, 0.3) is 0 Å². The fourth-order valence-corrected chi connectivity index (χ4v) is 3.49. The minimum absolute atomic E-state index is 0.374. The topological polar surface area (TPSA) is 40.6 Å². The Hall–Kier alpha value is -0.910. The summed E-state index contributed by atoms with van der Waals surface area (Å²) >= 11 is 0. The molecule has 0 aliphatic carbocycles. The van der Waals surface area contributed by atoms with Crippen molar-refractivity contribution < 1.29 is 8.42 Å². The van der Waals surface area contributed by atoms with Crippen LogP contribution in [-0.4, -0.2) is 56.7 Å². The molecule has 1 aliphatic rings. The molecule has 0 bridgehead atoms. The van der Waals surface area contributed by atoms with E-state index in [1.807, 2.05) is 32.0 Å². The lowest BCUT2D eigenvalue weighted by atomic mass is 10.2. The van der Waals surface area contributed by atoms with E-state index in [9.17, 15) is 8.42 Å². The van der Waals surface area contributed by atoms with Gasteiger partial charge >= 0.3 is 0 Å². The van der Waals surface area contributed by atoms with Crippen LogP contribution < -0.4 is 0 Å². The Kier molecular flexibility index (Phi) is 7.53. The predicted molar refractivity (Wildman–Crippen MR) is 92.9 cm³/mol. The van der Waals surface area contributed by atoms with Gasteiger partial charge in [-0.15, -0.1) is 0 Å². The third-order valence-corrected chi connectivity index (χ3v) is 6.00. The molecule has 0 radical (unpaired) electrons. The first-order valence-electron chi connectivity index (χ1n) is 8.13. The summed E-state index contributed by atoms with van der Waals surface area (Å²) in [6.07, 6.45) is 0. The maximum absolute atomic E-state index is 12.2. The summed E-state index contributed by atoms with van der Waals surface area (Å²) in [5.41, 5.74) is 1.08. The first kappa shape index (κ1) is 19.1. The molecule has 0 unspecified atom stereocenters. The fraction of sp³-hybridized carbons (Fsp3) is 0.647. The van der Waals surface area contributed by atoms with Gasteiger partial charge in [0.1, 0.15) is 0 Å². The predicted octanol–water partition coefficient (Wildman–Crippen LogP) is 2.64. The Labute approximate surface area is 136 Å². The van der Waals surface area contributed by atoms with Gasteiger partial charge in [0.25, 0.3) is 0 Å². The molecular weight excluding hydrogens is 296 g/mol. The minimum atomic E-state index is -3.18. The molecule has 2 rings (SSSR count). The summed E-state index contributed by atoms with van der Waals surface area (Å²) in [6.45, 7) is 12.5. The molecular formula is C17H30N2O2S. The van der Waals surface area contributed by atoms with Crippen LogP contribution in [0.4, 0.5) is 0 Å². The summed E-state index contributed by atoms with van der Waals surface area (Å²) in [5.74, 6) is 0. The van der Waals surface area contributed by atoms with Crippen molar-refractivity contribution in [3.05, 3.63) is 29.8 Å². The highest BCUT2D eigenvalue weighted by molar-refractivity contribution is 7.92. The van der Waals surface area contributed by atoms with Crippen molar-refractivity contribution in [3.63, 3.8) is 0 Å². The monoisotopic (exact) mass is 326 g/mol. The molecule has 0 atom stereocenters. The van der Waals surface area contributed by atoms with Gasteiger partial charge in [-0.05, 0) is 38.6 Å². The Bertz CT molecular complexity index is 548.